The molecular weight excluding hydrogens is 870 g/mol. The number of rotatable bonds is 15. The quantitative estimate of drug-likeness (QED) is 0.0893. The van der Waals surface area contributed by atoms with Gasteiger partial charge in [-0.2, -0.15) is 0 Å². The summed E-state index contributed by atoms with van der Waals surface area (Å²) in [6.45, 7) is 11.0. The molecule has 0 radical (unpaired) electrons. The number of anilines is 3. The third kappa shape index (κ3) is 14.8. The maximum Gasteiger partial charge on any atom is 0.224 e. The molecule has 2 saturated heterocycles. The summed E-state index contributed by atoms with van der Waals surface area (Å²) >= 11 is 3.40. The van der Waals surface area contributed by atoms with Gasteiger partial charge in [0, 0.05) is 88.7 Å². The highest BCUT2D eigenvalue weighted by Gasteiger charge is 2.20. The molecule has 336 valence electrons. The van der Waals surface area contributed by atoms with Crippen LogP contribution in [0.25, 0.3) is 0 Å². The van der Waals surface area contributed by atoms with E-state index in [0.717, 1.165) is 144 Å². The number of aryl methyl sites for hydroxylation is 2. The number of carbonyl (C=O) groups is 2. The van der Waals surface area contributed by atoms with Crippen molar-refractivity contribution in [3.05, 3.63) is 102 Å². The molecule has 0 aromatic heterocycles. The number of fused-ring (bicyclic) bond motifs is 2. The van der Waals surface area contributed by atoms with Gasteiger partial charge in [0.2, 0.25) is 5.91 Å². The number of nitrogens with zero attached hydrogens (tertiary/aromatic N) is 3. The monoisotopic (exact) mass is 933 g/mol. The van der Waals surface area contributed by atoms with E-state index in [1.54, 1.807) is 14.2 Å². The number of methoxy groups -OCH3 is 2. The summed E-state index contributed by atoms with van der Waals surface area (Å²) in [7, 11) is 3.46. The number of ether oxygens (including phenoxy) is 4. The van der Waals surface area contributed by atoms with Gasteiger partial charge >= 0.3 is 0 Å². The van der Waals surface area contributed by atoms with Crippen molar-refractivity contribution >= 4 is 57.1 Å². The predicted molar refractivity (Wildman–Crippen MR) is 257 cm³/mol. The number of hydrogen-bond donors (Lipinski definition) is 2. The molecule has 8 rings (SSSR count). The maximum atomic E-state index is 11.6. The lowest BCUT2D eigenvalue weighted by Gasteiger charge is -2.36. The van der Waals surface area contributed by atoms with E-state index in [1.807, 2.05) is 48.5 Å². The Hall–Kier alpha value is -4.49. The van der Waals surface area contributed by atoms with Crippen LogP contribution in [-0.4, -0.2) is 108 Å². The van der Waals surface area contributed by atoms with Gasteiger partial charge in [0.1, 0.15) is 28.8 Å². The molecule has 13 heteroatoms. The minimum atomic E-state index is 0. The summed E-state index contributed by atoms with van der Waals surface area (Å²) in [5.41, 5.74) is 6.94. The number of para-hydroxylation sites is 4. The Morgan fingerprint density at radius 1 is 0.613 bits per heavy atom. The van der Waals surface area contributed by atoms with Crippen molar-refractivity contribution in [1.82, 2.24) is 10.2 Å². The first-order chi connectivity index (χ1) is 29.9. The van der Waals surface area contributed by atoms with Gasteiger partial charge in [-0.25, -0.2) is 0 Å². The third-order valence-electron chi connectivity index (χ3n) is 11.5. The highest BCUT2D eigenvalue weighted by molar-refractivity contribution is 9.09. The van der Waals surface area contributed by atoms with Crippen LogP contribution in [0.4, 0.5) is 17.1 Å². The number of benzene rings is 4. The second-order valence-electron chi connectivity index (χ2n) is 15.7. The number of amides is 1. The molecule has 2 fully saturated rings. The minimum Gasteiger partial charge on any atom is -0.495 e. The van der Waals surface area contributed by atoms with Gasteiger partial charge in [-0.3, -0.25) is 14.5 Å². The lowest BCUT2D eigenvalue weighted by atomic mass is 9.91. The first-order valence-corrected chi connectivity index (χ1v) is 23.1. The zero-order chi connectivity index (χ0) is 42.7. The normalized spacial score (nSPS) is 15.9. The summed E-state index contributed by atoms with van der Waals surface area (Å²) in [6.07, 6.45) is 7.87. The lowest BCUT2D eigenvalue weighted by Crippen LogP contribution is -2.46. The fourth-order valence-corrected chi connectivity index (χ4v) is 8.43. The smallest absolute Gasteiger partial charge is 0.224 e. The highest BCUT2D eigenvalue weighted by atomic mass is 79.9. The van der Waals surface area contributed by atoms with E-state index >= 15 is 0 Å². The Morgan fingerprint density at radius 3 is 1.84 bits per heavy atom. The van der Waals surface area contributed by atoms with E-state index in [4.69, 9.17) is 18.9 Å². The van der Waals surface area contributed by atoms with E-state index in [-0.39, 0.29) is 18.3 Å². The van der Waals surface area contributed by atoms with Crippen molar-refractivity contribution in [2.75, 3.05) is 107 Å². The molecule has 11 nitrogen and oxygen atoms in total. The Balaban J connectivity index is 0.000000192. The molecule has 0 saturated carbocycles. The number of nitrogens with one attached hydrogen (secondary N) is 2. The first-order valence-electron chi connectivity index (χ1n) is 22.0. The molecule has 0 spiro atoms. The fraction of sp³-hybridized carbons (Fsp3) is 0.469. The zero-order valence-corrected chi connectivity index (χ0v) is 38.9. The number of hydrogen-bond acceptors (Lipinski definition) is 10. The Kier molecular flexibility index (Phi) is 20.5. The highest BCUT2D eigenvalue weighted by Crippen LogP contribution is 2.30. The largest absolute Gasteiger partial charge is 0.495 e. The lowest BCUT2D eigenvalue weighted by molar-refractivity contribution is -0.119. The number of carbonyl (C=O) groups excluding carboxylic acids is 2. The van der Waals surface area contributed by atoms with Crippen LogP contribution in [-0.2, 0) is 28.9 Å². The van der Waals surface area contributed by atoms with Crippen LogP contribution in [0, 0.1) is 0 Å². The maximum absolute atomic E-state index is 11.6. The second kappa shape index (κ2) is 26.2. The number of piperazine rings is 2. The van der Waals surface area contributed by atoms with Gasteiger partial charge in [0.25, 0.3) is 0 Å². The summed E-state index contributed by atoms with van der Waals surface area (Å²) in [5, 5.41) is 7.29. The summed E-state index contributed by atoms with van der Waals surface area (Å²) < 4.78 is 22.4. The van der Waals surface area contributed by atoms with E-state index in [9.17, 15) is 9.59 Å². The molecule has 62 heavy (non-hydrogen) atoms. The van der Waals surface area contributed by atoms with Crippen molar-refractivity contribution in [2.45, 2.75) is 57.8 Å². The minimum absolute atomic E-state index is 0. The first kappa shape index (κ1) is 48.5. The molecular formula is C49H65BrClN5O6. The van der Waals surface area contributed by atoms with Crippen LogP contribution in [0.1, 0.15) is 55.2 Å². The third-order valence-corrected chi connectivity index (χ3v) is 12.1. The molecule has 3 heterocycles. The zero-order valence-electron chi connectivity index (χ0n) is 36.5. The fourth-order valence-electron chi connectivity index (χ4n) is 8.03. The molecule has 3 aliphatic heterocycles. The number of halogens is 2. The van der Waals surface area contributed by atoms with E-state index in [2.05, 4.69) is 77.7 Å². The van der Waals surface area contributed by atoms with Crippen molar-refractivity contribution in [3.8, 4) is 23.0 Å². The number of Topliss-reactive ketones (excluding diaryl/α,β-unsaturated/α-hetero) is 1. The van der Waals surface area contributed by atoms with Crippen molar-refractivity contribution < 1.29 is 28.5 Å². The van der Waals surface area contributed by atoms with Gasteiger partial charge < -0.3 is 39.4 Å². The Labute approximate surface area is 383 Å². The van der Waals surface area contributed by atoms with Gasteiger partial charge in [-0.15, -0.1) is 12.4 Å². The van der Waals surface area contributed by atoms with Crippen LogP contribution < -0.4 is 39.4 Å². The number of ketones is 1. The van der Waals surface area contributed by atoms with Gasteiger partial charge in [0.05, 0.1) is 38.8 Å². The molecule has 0 unspecified atom stereocenters. The number of alkyl halides is 1. The molecule has 2 N–H and O–H groups in total. The van der Waals surface area contributed by atoms with E-state index in [1.165, 1.54) is 22.5 Å². The molecule has 0 atom stereocenters. The molecule has 1 aliphatic carbocycles. The summed E-state index contributed by atoms with van der Waals surface area (Å²) in [6, 6.07) is 28.6. The van der Waals surface area contributed by atoms with Gasteiger partial charge in [-0.1, -0.05) is 52.3 Å². The standard InChI is InChI=1S/C24H31N3O3.C14H17BrO2.C11H16N2O.ClH/c1-29-23-7-3-2-6-22(23)27-15-13-26(14-16-27)12-4-5-17-30-20-10-8-19-9-11-24(28)25-21(19)18-20;15-7-1-2-8-17-14-6-4-11-3-5-13(16)9-12(11)10-14;1-14-11-5-3-2-4-10(11)13-8-6-12-7-9-13;/h2-3,6-8,10,18H,4-5,9,11-17H2,1H3,(H,25,28);4,6,10H,1-3,5,7-9H2;2-5,12H,6-9H2,1H3;1H. The van der Waals surface area contributed by atoms with Crippen molar-refractivity contribution in [2.24, 2.45) is 0 Å². The van der Waals surface area contributed by atoms with Gasteiger partial charge in [0.15, 0.2) is 0 Å². The summed E-state index contributed by atoms with van der Waals surface area (Å²) in [4.78, 5) is 30.2. The van der Waals surface area contributed by atoms with Crippen LogP contribution in [0.3, 0.4) is 0 Å². The SMILES string of the molecule is COc1ccccc1N1CCN(CCCCOc2ccc3c(c2)NC(=O)CC3)CC1.COc1ccccc1N1CCNCC1.Cl.O=C1CCc2ccc(OCCCCBr)cc2C1. The average Bonchev–Trinajstić information content (AvgIpc) is 3.31. The van der Waals surface area contributed by atoms with Crippen LogP contribution >= 0.6 is 28.3 Å². The van der Waals surface area contributed by atoms with E-state index in [0.29, 0.717) is 31.7 Å². The molecule has 4 aromatic rings. The molecule has 0 bridgehead atoms. The molecule has 1 amide bonds. The van der Waals surface area contributed by atoms with E-state index < -0.39 is 0 Å². The molecule has 4 aliphatic rings. The van der Waals surface area contributed by atoms with Gasteiger partial charge in [-0.05, 0) is 104 Å². The van der Waals surface area contributed by atoms with Crippen LogP contribution in [0.5, 0.6) is 23.0 Å². The second-order valence-corrected chi connectivity index (χ2v) is 16.5. The number of unbranched alkanes of at least 4 members (excludes halogenated alkanes) is 2. The topological polar surface area (TPSA) is 105 Å². The summed E-state index contributed by atoms with van der Waals surface area (Å²) in [5.74, 6) is 4.08. The van der Waals surface area contributed by atoms with Crippen molar-refractivity contribution in [1.29, 1.82) is 0 Å². The van der Waals surface area contributed by atoms with Crippen LogP contribution in [0.15, 0.2) is 84.9 Å². The predicted octanol–water partition coefficient (Wildman–Crippen LogP) is 8.39. The average molecular weight is 935 g/mol. The van der Waals surface area contributed by atoms with Crippen LogP contribution in [0.2, 0.25) is 0 Å². The Bertz CT molecular complexity index is 1990. The van der Waals surface area contributed by atoms with Crippen molar-refractivity contribution in [3.63, 3.8) is 0 Å². The molecule has 4 aromatic carbocycles. The Morgan fingerprint density at radius 2 is 1.19 bits per heavy atom.